The number of rotatable bonds is 5. The molecule has 2 aliphatic rings. The van der Waals surface area contributed by atoms with E-state index in [-0.39, 0.29) is 11.8 Å². The zero-order valence-corrected chi connectivity index (χ0v) is 14.8. The highest BCUT2D eigenvalue weighted by atomic mass is 32.2. The molecule has 26 heavy (non-hydrogen) atoms. The highest BCUT2D eigenvalue weighted by Gasteiger charge is 2.66. The lowest BCUT2D eigenvalue weighted by Crippen LogP contribution is -2.53. The minimum Gasteiger partial charge on any atom is -0.444 e. The third-order valence-electron chi connectivity index (χ3n) is 5.45. The first kappa shape index (κ1) is 21.3. The zero-order chi connectivity index (χ0) is 19.9. The predicted molar refractivity (Wildman–Crippen MR) is 79.8 cm³/mol. The van der Waals surface area contributed by atoms with E-state index in [9.17, 15) is 35.2 Å². The second kappa shape index (κ2) is 7.21. The summed E-state index contributed by atoms with van der Waals surface area (Å²) in [5.41, 5.74) is 0. The van der Waals surface area contributed by atoms with Gasteiger partial charge in [0.05, 0.1) is 5.92 Å². The first-order chi connectivity index (χ1) is 11.8. The standard InChI is InChI=1S/C15H21F5O5S/c1-2-9-6-8-4-3-5-10(7-8)11(9)12(21)25-13(14(16,17)18)15(19,20)26(22,23)24/h8-11,13H,2-7H2,1H3,(H,22,23,24). The van der Waals surface area contributed by atoms with Crippen LogP contribution in [0.5, 0.6) is 0 Å². The van der Waals surface area contributed by atoms with Gasteiger partial charge >= 0.3 is 27.5 Å². The Bertz CT molecular complexity index is 631. The molecule has 0 saturated heterocycles. The lowest BCUT2D eigenvalue weighted by atomic mass is 9.61. The van der Waals surface area contributed by atoms with Crippen molar-refractivity contribution in [1.82, 2.24) is 0 Å². The van der Waals surface area contributed by atoms with E-state index in [2.05, 4.69) is 4.74 Å². The van der Waals surface area contributed by atoms with E-state index >= 15 is 0 Å². The molecule has 2 bridgehead atoms. The Balaban J connectivity index is 2.28. The maximum Gasteiger partial charge on any atom is 0.432 e. The molecule has 2 saturated carbocycles. The number of fused-ring (bicyclic) bond motifs is 2. The molecule has 1 N–H and O–H groups in total. The summed E-state index contributed by atoms with van der Waals surface area (Å²) >= 11 is 0. The zero-order valence-electron chi connectivity index (χ0n) is 14.0. The van der Waals surface area contributed by atoms with Gasteiger partial charge in [0.25, 0.3) is 6.10 Å². The summed E-state index contributed by atoms with van der Waals surface area (Å²) in [5, 5.41) is -5.69. The maximum atomic E-state index is 13.6. The molecule has 0 spiro atoms. The van der Waals surface area contributed by atoms with Crippen LogP contribution in [0.3, 0.4) is 0 Å². The minimum absolute atomic E-state index is 0.270. The van der Waals surface area contributed by atoms with Gasteiger partial charge in [-0.2, -0.15) is 30.4 Å². The van der Waals surface area contributed by atoms with Gasteiger partial charge in [-0.1, -0.05) is 26.2 Å². The summed E-state index contributed by atoms with van der Waals surface area (Å²) < 4.78 is 100. The fraction of sp³-hybridized carbons (Fsp3) is 0.933. The first-order valence-corrected chi connectivity index (χ1v) is 9.85. The van der Waals surface area contributed by atoms with Crippen LogP contribution in [0.25, 0.3) is 0 Å². The van der Waals surface area contributed by atoms with Crippen molar-refractivity contribution >= 4 is 16.1 Å². The van der Waals surface area contributed by atoms with Crippen molar-refractivity contribution in [1.29, 1.82) is 0 Å². The van der Waals surface area contributed by atoms with Gasteiger partial charge in [0, 0.05) is 0 Å². The Morgan fingerprint density at radius 3 is 2.31 bits per heavy atom. The molecule has 0 aromatic heterocycles. The van der Waals surface area contributed by atoms with Gasteiger partial charge < -0.3 is 4.74 Å². The molecule has 5 atom stereocenters. The van der Waals surface area contributed by atoms with Crippen LogP contribution in [0.1, 0.15) is 45.4 Å². The number of halogens is 5. The summed E-state index contributed by atoms with van der Waals surface area (Å²) in [6.45, 7) is 1.75. The van der Waals surface area contributed by atoms with E-state index < -0.39 is 39.5 Å². The monoisotopic (exact) mass is 408 g/mol. The van der Waals surface area contributed by atoms with E-state index in [1.54, 1.807) is 6.92 Å². The lowest BCUT2D eigenvalue weighted by Gasteiger charge is -2.44. The molecule has 0 aromatic carbocycles. The van der Waals surface area contributed by atoms with E-state index in [1.165, 1.54) is 0 Å². The Morgan fingerprint density at radius 1 is 1.19 bits per heavy atom. The average molecular weight is 408 g/mol. The van der Waals surface area contributed by atoms with E-state index in [0.717, 1.165) is 12.8 Å². The van der Waals surface area contributed by atoms with Crippen LogP contribution >= 0.6 is 0 Å². The first-order valence-electron chi connectivity index (χ1n) is 8.41. The van der Waals surface area contributed by atoms with E-state index in [4.69, 9.17) is 4.55 Å². The molecule has 5 nitrogen and oxygen atoms in total. The van der Waals surface area contributed by atoms with E-state index in [0.29, 0.717) is 31.6 Å². The van der Waals surface area contributed by atoms with Crippen molar-refractivity contribution in [3.8, 4) is 0 Å². The Morgan fingerprint density at radius 2 is 1.81 bits per heavy atom. The van der Waals surface area contributed by atoms with Crippen LogP contribution in [-0.4, -0.2) is 36.5 Å². The molecule has 152 valence electrons. The van der Waals surface area contributed by atoms with E-state index in [1.807, 2.05) is 0 Å². The van der Waals surface area contributed by atoms with Crippen LogP contribution in [0.4, 0.5) is 22.0 Å². The van der Waals surface area contributed by atoms with Crippen molar-refractivity contribution < 1.29 is 44.5 Å². The molecule has 2 aliphatic carbocycles. The molecule has 0 radical (unpaired) electrons. The SMILES string of the molecule is CCC1CC2CCCC(C2)C1C(=O)OC(C(F)(F)F)C(F)(F)S(=O)(=O)O. The van der Waals surface area contributed by atoms with Crippen LogP contribution in [-0.2, 0) is 19.6 Å². The summed E-state index contributed by atoms with van der Waals surface area (Å²) in [7, 11) is -6.43. The van der Waals surface area contributed by atoms with Crippen molar-refractivity contribution in [3.05, 3.63) is 0 Å². The predicted octanol–water partition coefficient (Wildman–Crippen LogP) is 3.79. The van der Waals surface area contributed by atoms with Gasteiger partial charge in [0.2, 0.25) is 0 Å². The molecular formula is C15H21F5O5S. The van der Waals surface area contributed by atoms with Crippen molar-refractivity contribution in [2.45, 2.75) is 63.0 Å². The molecular weight excluding hydrogens is 387 g/mol. The second-order valence-electron chi connectivity index (χ2n) is 7.12. The van der Waals surface area contributed by atoms with Crippen LogP contribution in [0.15, 0.2) is 0 Å². The fourth-order valence-electron chi connectivity index (χ4n) is 4.29. The topological polar surface area (TPSA) is 80.7 Å². The number of carbonyl (C=O) groups is 1. The minimum atomic E-state index is -6.43. The molecule has 11 heteroatoms. The molecule has 5 unspecified atom stereocenters. The summed E-state index contributed by atoms with van der Waals surface area (Å²) in [4.78, 5) is 12.4. The van der Waals surface area contributed by atoms with Gasteiger partial charge in [-0.3, -0.25) is 9.35 Å². The summed E-state index contributed by atoms with van der Waals surface area (Å²) in [6, 6.07) is 0. The molecule has 0 aliphatic heterocycles. The molecule has 0 amide bonds. The number of ether oxygens (including phenoxy) is 1. The molecule has 2 fully saturated rings. The highest BCUT2D eigenvalue weighted by molar-refractivity contribution is 7.86. The largest absolute Gasteiger partial charge is 0.444 e. The number of esters is 1. The van der Waals surface area contributed by atoms with Crippen molar-refractivity contribution in [3.63, 3.8) is 0 Å². The van der Waals surface area contributed by atoms with Crippen molar-refractivity contribution in [2.75, 3.05) is 0 Å². The van der Waals surface area contributed by atoms with Crippen LogP contribution < -0.4 is 0 Å². The van der Waals surface area contributed by atoms with Crippen molar-refractivity contribution in [2.24, 2.45) is 23.7 Å². The third kappa shape index (κ3) is 4.13. The lowest BCUT2D eigenvalue weighted by molar-refractivity contribution is -0.262. The van der Waals surface area contributed by atoms with Gasteiger partial charge in [-0.25, -0.2) is 0 Å². The third-order valence-corrected chi connectivity index (χ3v) is 6.35. The van der Waals surface area contributed by atoms with Gasteiger partial charge in [0.1, 0.15) is 0 Å². The highest BCUT2D eigenvalue weighted by Crippen LogP contribution is 2.48. The Labute approximate surface area is 148 Å². The smallest absolute Gasteiger partial charge is 0.432 e. The molecule has 2 rings (SSSR count). The summed E-state index contributed by atoms with van der Waals surface area (Å²) in [6.07, 6.45) is -6.10. The Kier molecular flexibility index (Phi) is 5.92. The summed E-state index contributed by atoms with van der Waals surface area (Å²) in [5.74, 6) is -2.69. The van der Waals surface area contributed by atoms with Gasteiger partial charge in [-0.15, -0.1) is 0 Å². The molecule has 0 aromatic rings. The number of carbonyl (C=O) groups excluding carboxylic acids is 1. The normalized spacial score (nSPS) is 31.3. The number of alkyl halides is 5. The van der Waals surface area contributed by atoms with Gasteiger partial charge in [-0.05, 0) is 37.0 Å². The quantitative estimate of drug-likeness (QED) is 0.425. The second-order valence-corrected chi connectivity index (χ2v) is 8.61. The van der Waals surface area contributed by atoms with Gasteiger partial charge in [0.15, 0.2) is 0 Å². The number of hydrogen-bond acceptors (Lipinski definition) is 4. The number of hydrogen-bond donors (Lipinski definition) is 1. The van der Waals surface area contributed by atoms with Crippen LogP contribution in [0, 0.1) is 23.7 Å². The van der Waals surface area contributed by atoms with Crippen LogP contribution in [0.2, 0.25) is 0 Å². The average Bonchev–Trinajstić information content (AvgIpc) is 2.49. The fourth-order valence-corrected chi connectivity index (χ4v) is 4.75. The molecule has 0 heterocycles. The maximum absolute atomic E-state index is 13.6. The Hall–Kier alpha value is -0.970.